The van der Waals surface area contributed by atoms with Crippen molar-refractivity contribution in [2.45, 2.75) is 45.7 Å². The van der Waals surface area contributed by atoms with Gasteiger partial charge in [-0.05, 0) is 31.9 Å². The van der Waals surface area contributed by atoms with E-state index >= 15 is 0 Å². The van der Waals surface area contributed by atoms with Crippen molar-refractivity contribution < 1.29 is 9.90 Å². The fraction of sp³-hybridized carbons (Fsp3) is 0.533. The molecular weight excluding hydrogens is 297 g/mol. The number of carboxylic acid groups (broad SMARTS) is 1. The maximum Gasteiger partial charge on any atom is 0.306 e. The SMILES string of the molecule is CC(CCCC(C)C(=O)O)NCc1c(Cl)cccc1Cl. The number of carbonyl (C=O) groups is 1. The number of hydrogen-bond acceptors (Lipinski definition) is 2. The second-order valence-electron chi connectivity index (χ2n) is 5.15. The molecule has 5 heteroatoms. The molecule has 2 atom stereocenters. The van der Waals surface area contributed by atoms with Crippen molar-refractivity contribution in [3.05, 3.63) is 33.8 Å². The first-order valence-corrected chi connectivity index (χ1v) is 7.56. The number of rotatable bonds is 8. The van der Waals surface area contributed by atoms with Crippen LogP contribution in [0.2, 0.25) is 10.0 Å². The predicted octanol–water partition coefficient (Wildman–Crippen LogP) is 4.36. The van der Waals surface area contributed by atoms with Crippen LogP contribution in [-0.4, -0.2) is 17.1 Å². The first kappa shape index (κ1) is 17.3. The van der Waals surface area contributed by atoms with Crippen LogP contribution in [0.15, 0.2) is 18.2 Å². The van der Waals surface area contributed by atoms with E-state index in [9.17, 15) is 4.79 Å². The molecule has 112 valence electrons. The zero-order valence-corrected chi connectivity index (χ0v) is 13.3. The molecule has 0 heterocycles. The summed E-state index contributed by atoms with van der Waals surface area (Å²) in [6.07, 6.45) is 2.52. The summed E-state index contributed by atoms with van der Waals surface area (Å²) in [5.41, 5.74) is 0.904. The van der Waals surface area contributed by atoms with Gasteiger partial charge in [0.2, 0.25) is 0 Å². The van der Waals surface area contributed by atoms with Crippen molar-refractivity contribution in [1.82, 2.24) is 5.32 Å². The summed E-state index contributed by atoms with van der Waals surface area (Å²) in [4.78, 5) is 10.7. The summed E-state index contributed by atoms with van der Waals surface area (Å²) in [5, 5.41) is 13.5. The number of aliphatic carboxylic acids is 1. The van der Waals surface area contributed by atoms with Crippen LogP contribution in [0.4, 0.5) is 0 Å². The Kier molecular flexibility index (Phi) is 7.35. The van der Waals surface area contributed by atoms with Crippen LogP contribution >= 0.6 is 23.2 Å². The molecule has 0 radical (unpaired) electrons. The second-order valence-corrected chi connectivity index (χ2v) is 5.97. The Hall–Kier alpha value is -0.770. The second kappa shape index (κ2) is 8.50. The summed E-state index contributed by atoms with van der Waals surface area (Å²) >= 11 is 12.2. The standard InChI is InChI=1S/C15H21Cl2NO2/c1-10(15(19)20)5-3-6-11(2)18-9-12-13(16)7-4-8-14(12)17/h4,7-8,10-11,18H,3,5-6,9H2,1-2H3,(H,19,20). The number of halogens is 2. The molecule has 0 aliphatic rings. The van der Waals surface area contributed by atoms with E-state index in [0.29, 0.717) is 29.1 Å². The van der Waals surface area contributed by atoms with Crippen molar-refractivity contribution >= 4 is 29.2 Å². The van der Waals surface area contributed by atoms with Crippen LogP contribution in [0.1, 0.15) is 38.7 Å². The van der Waals surface area contributed by atoms with Crippen LogP contribution in [0.5, 0.6) is 0 Å². The van der Waals surface area contributed by atoms with Gasteiger partial charge in [-0.2, -0.15) is 0 Å². The minimum atomic E-state index is -0.728. The molecular formula is C15H21Cl2NO2. The summed E-state index contributed by atoms with van der Waals surface area (Å²) in [6.45, 7) is 4.44. The van der Waals surface area contributed by atoms with Crippen LogP contribution in [0, 0.1) is 5.92 Å². The Labute approximate surface area is 130 Å². The van der Waals surface area contributed by atoms with Gasteiger partial charge in [-0.25, -0.2) is 0 Å². The molecule has 20 heavy (non-hydrogen) atoms. The number of nitrogens with one attached hydrogen (secondary N) is 1. The Morgan fingerprint density at radius 1 is 1.25 bits per heavy atom. The molecule has 0 fully saturated rings. The van der Waals surface area contributed by atoms with Gasteiger partial charge >= 0.3 is 5.97 Å². The van der Waals surface area contributed by atoms with Crippen molar-refractivity contribution in [1.29, 1.82) is 0 Å². The Balaban J connectivity index is 2.33. The minimum Gasteiger partial charge on any atom is -0.481 e. The quantitative estimate of drug-likeness (QED) is 0.748. The highest BCUT2D eigenvalue weighted by atomic mass is 35.5. The van der Waals surface area contributed by atoms with Crippen LogP contribution in [0.3, 0.4) is 0 Å². The molecule has 0 amide bonds. The lowest BCUT2D eigenvalue weighted by atomic mass is 10.0. The highest BCUT2D eigenvalue weighted by molar-refractivity contribution is 6.35. The molecule has 0 aliphatic carbocycles. The fourth-order valence-electron chi connectivity index (χ4n) is 1.93. The molecule has 3 nitrogen and oxygen atoms in total. The lowest BCUT2D eigenvalue weighted by Gasteiger charge is -2.16. The van der Waals surface area contributed by atoms with E-state index in [1.165, 1.54) is 0 Å². The largest absolute Gasteiger partial charge is 0.481 e. The van der Waals surface area contributed by atoms with E-state index in [1.807, 2.05) is 18.2 Å². The summed E-state index contributed by atoms with van der Waals surface area (Å²) in [7, 11) is 0. The molecule has 0 aromatic heterocycles. The van der Waals surface area contributed by atoms with Gasteiger partial charge in [0, 0.05) is 28.2 Å². The highest BCUT2D eigenvalue weighted by Gasteiger charge is 2.12. The van der Waals surface area contributed by atoms with Gasteiger partial charge in [0.05, 0.1) is 5.92 Å². The lowest BCUT2D eigenvalue weighted by molar-refractivity contribution is -0.141. The summed E-state index contributed by atoms with van der Waals surface area (Å²) in [6, 6.07) is 5.77. The molecule has 0 saturated heterocycles. The van der Waals surface area contributed by atoms with Gasteiger partial charge in [0.1, 0.15) is 0 Å². The zero-order chi connectivity index (χ0) is 15.1. The average molecular weight is 318 g/mol. The average Bonchev–Trinajstić information content (AvgIpc) is 2.37. The van der Waals surface area contributed by atoms with Crippen LogP contribution in [-0.2, 0) is 11.3 Å². The van der Waals surface area contributed by atoms with Gasteiger partial charge in [0.15, 0.2) is 0 Å². The molecule has 1 rings (SSSR count). The summed E-state index contributed by atoms with van der Waals surface area (Å²) < 4.78 is 0. The fourth-order valence-corrected chi connectivity index (χ4v) is 2.46. The number of benzene rings is 1. The smallest absolute Gasteiger partial charge is 0.306 e. The van der Waals surface area contributed by atoms with Crippen LogP contribution < -0.4 is 5.32 Å². The first-order chi connectivity index (χ1) is 9.41. The molecule has 0 aliphatic heterocycles. The normalized spacial score (nSPS) is 14.0. The topological polar surface area (TPSA) is 49.3 Å². The molecule has 2 N–H and O–H groups in total. The molecule has 0 spiro atoms. The van der Waals surface area contributed by atoms with E-state index < -0.39 is 5.97 Å². The van der Waals surface area contributed by atoms with Gasteiger partial charge in [-0.3, -0.25) is 4.79 Å². The Bertz CT molecular complexity index is 431. The third-order valence-electron chi connectivity index (χ3n) is 3.38. The van der Waals surface area contributed by atoms with E-state index in [0.717, 1.165) is 18.4 Å². The van der Waals surface area contributed by atoms with Gasteiger partial charge in [-0.1, -0.05) is 42.6 Å². The van der Waals surface area contributed by atoms with E-state index in [-0.39, 0.29) is 5.92 Å². The zero-order valence-electron chi connectivity index (χ0n) is 11.8. The molecule has 1 aromatic carbocycles. The maximum atomic E-state index is 10.7. The third-order valence-corrected chi connectivity index (χ3v) is 4.09. The number of carboxylic acids is 1. The first-order valence-electron chi connectivity index (χ1n) is 6.81. The van der Waals surface area contributed by atoms with E-state index in [2.05, 4.69) is 12.2 Å². The molecule has 0 saturated carbocycles. The minimum absolute atomic E-state index is 0.278. The lowest BCUT2D eigenvalue weighted by Crippen LogP contribution is -2.26. The molecule has 2 unspecified atom stereocenters. The molecule has 1 aromatic rings. The maximum absolute atomic E-state index is 10.7. The number of hydrogen-bond donors (Lipinski definition) is 2. The van der Waals surface area contributed by atoms with E-state index in [1.54, 1.807) is 6.92 Å². The van der Waals surface area contributed by atoms with Crippen molar-refractivity contribution in [3.63, 3.8) is 0 Å². The van der Waals surface area contributed by atoms with Crippen molar-refractivity contribution in [2.24, 2.45) is 5.92 Å². The predicted molar refractivity (Wildman–Crippen MR) is 83.4 cm³/mol. The van der Waals surface area contributed by atoms with Gasteiger partial charge < -0.3 is 10.4 Å². The van der Waals surface area contributed by atoms with Crippen LogP contribution in [0.25, 0.3) is 0 Å². The van der Waals surface area contributed by atoms with Crippen molar-refractivity contribution in [2.75, 3.05) is 0 Å². The van der Waals surface area contributed by atoms with Crippen molar-refractivity contribution in [3.8, 4) is 0 Å². The Morgan fingerprint density at radius 3 is 2.40 bits per heavy atom. The third kappa shape index (κ3) is 5.70. The molecule has 0 bridgehead atoms. The monoisotopic (exact) mass is 317 g/mol. The van der Waals surface area contributed by atoms with Gasteiger partial charge in [0.25, 0.3) is 0 Å². The highest BCUT2D eigenvalue weighted by Crippen LogP contribution is 2.24. The van der Waals surface area contributed by atoms with Gasteiger partial charge in [-0.15, -0.1) is 0 Å². The summed E-state index contributed by atoms with van der Waals surface area (Å²) in [5.74, 6) is -1.01. The Morgan fingerprint density at radius 2 is 1.85 bits per heavy atom. The van der Waals surface area contributed by atoms with E-state index in [4.69, 9.17) is 28.3 Å².